The van der Waals surface area contributed by atoms with Gasteiger partial charge in [0.2, 0.25) is 10.1 Å². The number of hydrogen-bond acceptors (Lipinski definition) is 5. The molecule has 1 aliphatic rings. The summed E-state index contributed by atoms with van der Waals surface area (Å²) in [6, 6.07) is 0. The first kappa shape index (κ1) is 13.3. The maximum Gasteiger partial charge on any atom is 0.284 e. The van der Waals surface area contributed by atoms with Crippen molar-refractivity contribution in [2.45, 2.75) is 32.6 Å². The van der Waals surface area contributed by atoms with Crippen LogP contribution in [0.2, 0.25) is 0 Å². The van der Waals surface area contributed by atoms with Crippen molar-refractivity contribution in [2.75, 3.05) is 25.5 Å². The van der Waals surface area contributed by atoms with E-state index in [1.165, 1.54) is 30.6 Å². The van der Waals surface area contributed by atoms with Crippen LogP contribution in [-0.4, -0.2) is 41.1 Å². The van der Waals surface area contributed by atoms with Crippen LogP contribution in [0.3, 0.4) is 0 Å². The molecule has 1 saturated carbocycles. The van der Waals surface area contributed by atoms with Crippen molar-refractivity contribution in [1.82, 2.24) is 15.1 Å². The number of nitrogens with one attached hydrogen (secondary N) is 1. The smallest absolute Gasteiger partial charge is 0.284 e. The van der Waals surface area contributed by atoms with Gasteiger partial charge in [-0.2, -0.15) is 0 Å². The number of carbonyl (C=O) groups excluding carboxylic acids is 1. The van der Waals surface area contributed by atoms with Gasteiger partial charge in [0.05, 0.1) is 0 Å². The van der Waals surface area contributed by atoms with Gasteiger partial charge in [-0.15, -0.1) is 10.2 Å². The Morgan fingerprint density at radius 2 is 2.28 bits per heavy atom. The molecule has 1 fully saturated rings. The third-order valence-electron chi connectivity index (χ3n) is 3.24. The van der Waals surface area contributed by atoms with Crippen molar-refractivity contribution in [3.63, 3.8) is 0 Å². The van der Waals surface area contributed by atoms with Gasteiger partial charge in [-0.1, -0.05) is 24.7 Å². The Balaban J connectivity index is 1.88. The van der Waals surface area contributed by atoms with Crippen molar-refractivity contribution >= 4 is 22.4 Å². The van der Waals surface area contributed by atoms with E-state index in [9.17, 15) is 4.79 Å². The van der Waals surface area contributed by atoms with E-state index in [2.05, 4.69) is 22.4 Å². The molecule has 2 rings (SSSR count). The lowest BCUT2D eigenvalue weighted by Gasteiger charge is -2.29. The molecule has 1 heterocycles. The van der Waals surface area contributed by atoms with Crippen LogP contribution in [0, 0.1) is 5.92 Å². The third kappa shape index (κ3) is 3.19. The zero-order chi connectivity index (χ0) is 13.0. The molecule has 18 heavy (non-hydrogen) atoms. The quantitative estimate of drug-likeness (QED) is 0.859. The van der Waals surface area contributed by atoms with Crippen LogP contribution >= 0.6 is 11.3 Å². The molecule has 0 unspecified atom stereocenters. The highest BCUT2D eigenvalue weighted by Crippen LogP contribution is 2.27. The number of amides is 1. The molecular weight excluding hydrogens is 248 g/mol. The standard InChI is InChI=1S/C12H20N4OS/c1-3-7-13-12-15-14-10(18-12)11(17)16(2)8-9-5-4-6-9/h9H,3-8H2,1-2H3,(H,13,15). The Morgan fingerprint density at radius 3 is 2.89 bits per heavy atom. The minimum Gasteiger partial charge on any atom is -0.360 e. The molecular formula is C12H20N4OS. The first-order chi connectivity index (χ1) is 8.70. The second kappa shape index (κ2) is 6.13. The lowest BCUT2D eigenvalue weighted by molar-refractivity contribution is 0.0744. The van der Waals surface area contributed by atoms with E-state index in [0.29, 0.717) is 10.9 Å². The number of rotatable bonds is 6. The number of anilines is 1. The molecule has 100 valence electrons. The predicted octanol–water partition coefficient (Wildman–Crippen LogP) is 2.23. The van der Waals surface area contributed by atoms with E-state index in [4.69, 9.17) is 0 Å². The van der Waals surface area contributed by atoms with E-state index in [-0.39, 0.29) is 5.91 Å². The fraction of sp³-hybridized carbons (Fsp3) is 0.750. The summed E-state index contributed by atoms with van der Waals surface area (Å²) < 4.78 is 0. The third-order valence-corrected chi connectivity index (χ3v) is 4.11. The summed E-state index contributed by atoms with van der Waals surface area (Å²) in [7, 11) is 1.85. The van der Waals surface area contributed by atoms with Gasteiger partial charge in [0, 0.05) is 20.1 Å². The van der Waals surface area contributed by atoms with Gasteiger partial charge >= 0.3 is 0 Å². The first-order valence-electron chi connectivity index (χ1n) is 6.53. The van der Waals surface area contributed by atoms with Crippen LogP contribution in [0.1, 0.15) is 42.4 Å². The molecule has 0 atom stereocenters. The fourth-order valence-electron chi connectivity index (χ4n) is 1.92. The maximum atomic E-state index is 12.1. The molecule has 0 saturated heterocycles. The largest absolute Gasteiger partial charge is 0.360 e. The predicted molar refractivity (Wildman–Crippen MR) is 73.0 cm³/mol. The second-order valence-electron chi connectivity index (χ2n) is 4.82. The Morgan fingerprint density at radius 1 is 1.50 bits per heavy atom. The van der Waals surface area contributed by atoms with Gasteiger partial charge < -0.3 is 10.2 Å². The average molecular weight is 268 g/mol. The van der Waals surface area contributed by atoms with Gasteiger partial charge in [-0.3, -0.25) is 4.79 Å². The number of hydrogen-bond donors (Lipinski definition) is 1. The molecule has 6 heteroatoms. The monoisotopic (exact) mass is 268 g/mol. The molecule has 1 N–H and O–H groups in total. The van der Waals surface area contributed by atoms with Crippen molar-refractivity contribution in [3.05, 3.63) is 5.01 Å². The average Bonchev–Trinajstić information content (AvgIpc) is 2.78. The number of nitrogens with zero attached hydrogens (tertiary/aromatic N) is 3. The van der Waals surface area contributed by atoms with Gasteiger partial charge in [0.1, 0.15) is 0 Å². The molecule has 5 nitrogen and oxygen atoms in total. The summed E-state index contributed by atoms with van der Waals surface area (Å²) in [6.07, 6.45) is 4.83. The molecule has 0 bridgehead atoms. The molecule has 1 aliphatic carbocycles. The van der Waals surface area contributed by atoms with Crippen LogP contribution in [0.4, 0.5) is 5.13 Å². The molecule has 1 aromatic rings. The second-order valence-corrected chi connectivity index (χ2v) is 5.80. The molecule has 1 amide bonds. The number of carbonyl (C=O) groups is 1. The lowest BCUT2D eigenvalue weighted by atomic mass is 9.85. The highest BCUT2D eigenvalue weighted by atomic mass is 32.1. The zero-order valence-corrected chi connectivity index (χ0v) is 11.8. The van der Waals surface area contributed by atoms with Crippen molar-refractivity contribution in [2.24, 2.45) is 5.92 Å². The van der Waals surface area contributed by atoms with Crippen LogP contribution < -0.4 is 5.32 Å². The summed E-state index contributed by atoms with van der Waals surface area (Å²) >= 11 is 1.34. The summed E-state index contributed by atoms with van der Waals surface area (Å²) in [4.78, 5) is 13.9. The van der Waals surface area contributed by atoms with Crippen molar-refractivity contribution < 1.29 is 4.79 Å². The summed E-state index contributed by atoms with van der Waals surface area (Å²) in [5, 5.41) is 12.3. The SMILES string of the molecule is CCCNc1nnc(C(=O)N(C)CC2CCC2)s1. The zero-order valence-electron chi connectivity index (χ0n) is 11.0. The molecule has 0 spiro atoms. The highest BCUT2D eigenvalue weighted by molar-refractivity contribution is 7.17. The van der Waals surface area contributed by atoms with Gasteiger partial charge in [0.25, 0.3) is 5.91 Å². The minimum absolute atomic E-state index is 0.0102. The van der Waals surface area contributed by atoms with E-state index in [0.717, 1.165) is 24.6 Å². The van der Waals surface area contributed by atoms with E-state index in [1.807, 2.05) is 7.05 Å². The van der Waals surface area contributed by atoms with Crippen molar-refractivity contribution in [3.8, 4) is 0 Å². The van der Waals surface area contributed by atoms with Crippen LogP contribution in [0.15, 0.2) is 0 Å². The van der Waals surface area contributed by atoms with Crippen LogP contribution in [-0.2, 0) is 0 Å². The van der Waals surface area contributed by atoms with Crippen LogP contribution in [0.25, 0.3) is 0 Å². The summed E-state index contributed by atoms with van der Waals surface area (Å²) in [5.74, 6) is 0.675. The van der Waals surface area contributed by atoms with E-state index >= 15 is 0 Å². The maximum absolute atomic E-state index is 12.1. The Hall–Kier alpha value is -1.17. The first-order valence-corrected chi connectivity index (χ1v) is 7.35. The van der Waals surface area contributed by atoms with Gasteiger partial charge in [-0.05, 0) is 25.2 Å². The minimum atomic E-state index is -0.0102. The van der Waals surface area contributed by atoms with E-state index in [1.54, 1.807) is 4.90 Å². The molecule has 0 aromatic carbocycles. The van der Waals surface area contributed by atoms with Crippen molar-refractivity contribution in [1.29, 1.82) is 0 Å². The summed E-state index contributed by atoms with van der Waals surface area (Å²) in [5.41, 5.74) is 0. The molecule has 0 aliphatic heterocycles. The van der Waals surface area contributed by atoms with Gasteiger partial charge in [-0.25, -0.2) is 0 Å². The van der Waals surface area contributed by atoms with Gasteiger partial charge in [0.15, 0.2) is 0 Å². The molecule has 0 radical (unpaired) electrons. The Bertz CT molecular complexity index is 403. The Kier molecular flexibility index (Phi) is 4.52. The van der Waals surface area contributed by atoms with E-state index < -0.39 is 0 Å². The Labute approximate surface area is 112 Å². The lowest BCUT2D eigenvalue weighted by Crippen LogP contribution is -2.34. The highest BCUT2D eigenvalue weighted by Gasteiger charge is 2.23. The molecule has 1 aromatic heterocycles. The number of aromatic nitrogens is 2. The normalized spacial score (nSPS) is 15.2. The summed E-state index contributed by atoms with van der Waals surface area (Å²) in [6.45, 7) is 3.80. The fourth-order valence-corrected chi connectivity index (χ4v) is 2.69. The topological polar surface area (TPSA) is 58.1 Å². The van der Waals surface area contributed by atoms with Crippen LogP contribution in [0.5, 0.6) is 0 Å².